The van der Waals surface area contributed by atoms with Crippen LogP contribution in [0.5, 0.6) is 0 Å². The van der Waals surface area contributed by atoms with E-state index in [9.17, 15) is 23.7 Å². The van der Waals surface area contributed by atoms with Crippen LogP contribution in [0.15, 0.2) is 0 Å². The summed E-state index contributed by atoms with van der Waals surface area (Å²) in [6.07, 6.45) is -6.34. The fraction of sp³-hybridized carbons (Fsp3) is 1.00. The molecule has 6 N–H and O–H groups in total. The minimum atomic E-state index is -4.66. The van der Waals surface area contributed by atoms with Gasteiger partial charge in [0.25, 0.3) is 0 Å². The number of aliphatic hydroxyl groups is 4. The van der Waals surface area contributed by atoms with Crippen LogP contribution in [-0.2, 0) is 15.0 Å². The molecule has 11 heteroatoms. The Morgan fingerprint density at radius 2 is 1.71 bits per heavy atom. The molecule has 1 heterocycles. The normalized spacial score (nSPS) is 38.5. The molecule has 1 rings (SSSR count). The first-order chi connectivity index (χ1) is 7.26. The van der Waals surface area contributed by atoms with E-state index in [1.807, 2.05) is 0 Å². The molecule has 0 saturated carbocycles. The zero-order valence-electron chi connectivity index (χ0n) is 8.96. The number of aliphatic hydroxyl groups excluding tert-OH is 4. The molecule has 1 saturated heterocycles. The summed E-state index contributed by atoms with van der Waals surface area (Å²) in [5.74, 6) is 0. The molecule has 0 amide bonds. The molecule has 0 aromatic heterocycles. The van der Waals surface area contributed by atoms with Crippen molar-refractivity contribution in [2.45, 2.75) is 30.6 Å². The molecule has 0 aliphatic carbocycles. The van der Waals surface area contributed by atoms with Crippen molar-refractivity contribution in [2.24, 2.45) is 0 Å². The van der Waals surface area contributed by atoms with Crippen LogP contribution in [0, 0.1) is 0 Å². The van der Waals surface area contributed by atoms with Crippen molar-refractivity contribution in [1.82, 2.24) is 4.72 Å². The van der Waals surface area contributed by atoms with Crippen LogP contribution in [-0.4, -0.2) is 100 Å². The third kappa shape index (κ3) is 4.69. The number of ether oxygens (including phenoxy) is 1. The van der Waals surface area contributed by atoms with E-state index in [1.54, 1.807) is 0 Å². The summed E-state index contributed by atoms with van der Waals surface area (Å²) in [4.78, 5) is 0. The Labute approximate surface area is 120 Å². The van der Waals surface area contributed by atoms with Crippen molar-refractivity contribution in [3.05, 3.63) is 0 Å². The van der Waals surface area contributed by atoms with Crippen LogP contribution in [0.3, 0.4) is 0 Å². The van der Waals surface area contributed by atoms with Gasteiger partial charge >= 0.3 is 10.3 Å². The Balaban J connectivity index is 0.00000256. The van der Waals surface area contributed by atoms with Gasteiger partial charge in [0, 0.05) is 29.6 Å². The van der Waals surface area contributed by atoms with Crippen molar-refractivity contribution >= 4 is 39.9 Å². The second-order valence-electron chi connectivity index (χ2n) is 3.35. The fourth-order valence-corrected chi connectivity index (χ4v) is 2.00. The van der Waals surface area contributed by atoms with Crippen LogP contribution in [0.1, 0.15) is 0 Å². The summed E-state index contributed by atoms with van der Waals surface area (Å²) in [7, 11) is -4.66. The van der Waals surface area contributed by atoms with Gasteiger partial charge in [0.15, 0.2) is 6.29 Å². The van der Waals surface area contributed by atoms with Gasteiger partial charge in [-0.2, -0.15) is 13.1 Å². The fourth-order valence-electron chi connectivity index (χ4n) is 1.40. The summed E-state index contributed by atoms with van der Waals surface area (Å²) in [5, 5.41) is 36.8. The predicted octanol–water partition coefficient (Wildman–Crippen LogP) is -4.20. The smallest absolute Gasteiger partial charge is 0.333 e. The average Bonchev–Trinajstić information content (AvgIpc) is 2.17. The third-order valence-corrected chi connectivity index (χ3v) is 2.76. The summed E-state index contributed by atoms with van der Waals surface area (Å²) >= 11 is 0. The van der Waals surface area contributed by atoms with Gasteiger partial charge in [0.2, 0.25) is 0 Å². The van der Waals surface area contributed by atoms with Crippen LogP contribution >= 0.6 is 0 Å². The van der Waals surface area contributed by atoms with Crippen LogP contribution in [0.2, 0.25) is 0 Å². The van der Waals surface area contributed by atoms with Gasteiger partial charge in [-0.25, -0.2) is 0 Å². The second-order valence-corrected chi connectivity index (χ2v) is 4.53. The first kappa shape index (κ1) is 17.7. The molecule has 97 valence electrons. The maximum Gasteiger partial charge on any atom is 0.333 e. The molecule has 0 bridgehead atoms. The molecule has 0 spiro atoms. The van der Waals surface area contributed by atoms with Crippen LogP contribution < -0.4 is 4.72 Å². The van der Waals surface area contributed by atoms with E-state index in [4.69, 9.17) is 9.66 Å². The first-order valence-corrected chi connectivity index (χ1v) is 5.75. The van der Waals surface area contributed by atoms with E-state index in [1.165, 1.54) is 4.72 Å². The second kappa shape index (κ2) is 6.73. The molecule has 17 heavy (non-hydrogen) atoms. The zero-order valence-corrected chi connectivity index (χ0v) is 11.8. The molecule has 0 aromatic rings. The minimum absolute atomic E-state index is 0. The Bertz CT molecular complexity index is 337. The van der Waals surface area contributed by atoms with E-state index < -0.39 is 47.6 Å². The summed E-state index contributed by atoms with van der Waals surface area (Å²) in [6, 6.07) is -1.62. The minimum Gasteiger partial charge on any atom is -0.394 e. The van der Waals surface area contributed by atoms with E-state index in [2.05, 4.69) is 4.74 Å². The maximum atomic E-state index is 10.5. The molecule has 9 nitrogen and oxygen atoms in total. The average molecular weight is 282 g/mol. The van der Waals surface area contributed by atoms with Crippen LogP contribution in [0.4, 0.5) is 0 Å². The number of hydrogen-bond acceptors (Lipinski definition) is 7. The number of rotatable bonds is 3. The molecule has 5 atom stereocenters. The molecule has 1 radical (unpaired) electrons. The summed E-state index contributed by atoms with van der Waals surface area (Å²) in [6.45, 7) is -0.659. The molecular formula is C6H13NNaO8S. The van der Waals surface area contributed by atoms with E-state index >= 15 is 0 Å². The van der Waals surface area contributed by atoms with E-state index in [-0.39, 0.29) is 29.6 Å². The van der Waals surface area contributed by atoms with Crippen LogP contribution in [0.25, 0.3) is 0 Å². The molecule has 1 aliphatic heterocycles. The monoisotopic (exact) mass is 282 g/mol. The van der Waals surface area contributed by atoms with Gasteiger partial charge in [-0.1, -0.05) is 0 Å². The molecular weight excluding hydrogens is 269 g/mol. The van der Waals surface area contributed by atoms with Crippen molar-refractivity contribution in [3.8, 4) is 0 Å². The quantitative estimate of drug-likeness (QED) is 0.225. The molecule has 0 aromatic carbocycles. The largest absolute Gasteiger partial charge is 0.394 e. The Kier molecular flexibility index (Phi) is 6.99. The molecule has 1 fully saturated rings. The Morgan fingerprint density at radius 1 is 1.18 bits per heavy atom. The summed E-state index contributed by atoms with van der Waals surface area (Å²) < 4.78 is 35.6. The number of nitrogens with one attached hydrogen (secondary N) is 1. The van der Waals surface area contributed by atoms with Gasteiger partial charge in [-0.15, -0.1) is 0 Å². The first-order valence-electron chi connectivity index (χ1n) is 4.31. The predicted molar refractivity (Wildman–Crippen MR) is 54.2 cm³/mol. The van der Waals surface area contributed by atoms with Gasteiger partial charge in [-0.3, -0.25) is 4.55 Å². The van der Waals surface area contributed by atoms with Gasteiger partial charge in [0.05, 0.1) is 6.61 Å². The van der Waals surface area contributed by atoms with Crippen molar-refractivity contribution in [2.75, 3.05) is 6.61 Å². The molecule has 1 unspecified atom stereocenters. The third-order valence-electron chi connectivity index (χ3n) is 2.19. The standard InChI is InChI=1S/C6H13NO8S.Na/c8-1-2-4(9)5(10)3(6(11)15-2)7-16(12,13)14;/h2-11H,1H2,(H,12,13,14);/t2-,3-,4+,5-,6?;/m1./s1. The van der Waals surface area contributed by atoms with Gasteiger partial charge in [0.1, 0.15) is 24.4 Å². The summed E-state index contributed by atoms with van der Waals surface area (Å²) in [5.41, 5.74) is 0. The Morgan fingerprint density at radius 3 is 2.12 bits per heavy atom. The zero-order chi connectivity index (χ0) is 12.5. The van der Waals surface area contributed by atoms with Crippen molar-refractivity contribution < 1.29 is 38.1 Å². The Hall–Kier alpha value is 0.670. The van der Waals surface area contributed by atoms with Gasteiger partial charge in [-0.05, 0) is 0 Å². The number of hydrogen-bond donors (Lipinski definition) is 6. The SMILES string of the molecule is O=S(=O)(O)N[C@H]1C(O)O[C@H](CO)[C@H](O)[C@@H]1O.[Na]. The van der Waals surface area contributed by atoms with E-state index in [0.717, 1.165) is 0 Å². The van der Waals surface area contributed by atoms with E-state index in [0.29, 0.717) is 0 Å². The van der Waals surface area contributed by atoms with Crippen molar-refractivity contribution in [1.29, 1.82) is 0 Å². The topological polar surface area (TPSA) is 157 Å². The maximum absolute atomic E-state index is 10.5. The molecule has 1 aliphatic rings. The van der Waals surface area contributed by atoms with Gasteiger partial charge < -0.3 is 25.2 Å². The van der Waals surface area contributed by atoms with Crippen molar-refractivity contribution in [3.63, 3.8) is 0 Å².